The van der Waals surface area contributed by atoms with Gasteiger partial charge in [0.25, 0.3) is 5.69 Å². The topological polar surface area (TPSA) is 63.4 Å². The van der Waals surface area contributed by atoms with Crippen molar-refractivity contribution in [3.63, 3.8) is 0 Å². The molecule has 0 aliphatic heterocycles. The molecule has 1 rings (SSSR count). The van der Waals surface area contributed by atoms with Gasteiger partial charge in [0.1, 0.15) is 5.82 Å². The quantitative estimate of drug-likeness (QED) is 0.635. The highest BCUT2D eigenvalue weighted by Crippen LogP contribution is 2.28. The van der Waals surface area contributed by atoms with Crippen LogP contribution in [0.3, 0.4) is 0 Å². The smallest absolute Gasteiger partial charge is 0.272 e. The minimum atomic E-state index is -0.680. The van der Waals surface area contributed by atoms with E-state index in [1.165, 1.54) is 12.1 Å². The minimum Gasteiger partial charge on any atom is -0.393 e. The van der Waals surface area contributed by atoms with Crippen molar-refractivity contribution in [2.45, 2.75) is 32.3 Å². The van der Waals surface area contributed by atoms with Crippen LogP contribution in [0.2, 0.25) is 0 Å². The fraction of sp³-hybridized carbons (Fsp3) is 0.455. The molecule has 0 heterocycles. The highest BCUT2D eigenvalue weighted by atomic mass is 19.1. The summed E-state index contributed by atoms with van der Waals surface area (Å²) in [6.45, 7) is 3.41. The van der Waals surface area contributed by atoms with Gasteiger partial charge in [-0.2, -0.15) is 0 Å². The van der Waals surface area contributed by atoms with Crippen molar-refractivity contribution in [3.8, 4) is 0 Å². The molecule has 88 valence electrons. The number of halogens is 1. The number of hydrogen-bond acceptors (Lipinski definition) is 3. The van der Waals surface area contributed by atoms with Crippen LogP contribution in [0.1, 0.15) is 31.7 Å². The van der Waals surface area contributed by atoms with Gasteiger partial charge in [-0.25, -0.2) is 4.39 Å². The molecule has 4 nitrogen and oxygen atoms in total. The molecule has 0 aliphatic carbocycles. The van der Waals surface area contributed by atoms with Crippen molar-refractivity contribution < 1.29 is 14.4 Å². The summed E-state index contributed by atoms with van der Waals surface area (Å²) in [6.07, 6.45) is -0.104. The van der Waals surface area contributed by atoms with Crippen LogP contribution in [0.15, 0.2) is 18.2 Å². The van der Waals surface area contributed by atoms with Crippen LogP contribution in [0.4, 0.5) is 10.1 Å². The van der Waals surface area contributed by atoms with Crippen molar-refractivity contribution in [2.75, 3.05) is 0 Å². The third-order valence-electron chi connectivity index (χ3n) is 2.62. The van der Waals surface area contributed by atoms with Crippen LogP contribution in [-0.2, 0) is 0 Å². The SMILES string of the molecule is CCC(c1ccc([N+](=O)[O-])cc1F)C(C)O. The van der Waals surface area contributed by atoms with Crippen LogP contribution in [0.25, 0.3) is 0 Å². The molecule has 0 fully saturated rings. The molecular weight excluding hydrogens is 213 g/mol. The second-order valence-corrected chi connectivity index (χ2v) is 3.72. The molecule has 0 saturated carbocycles. The zero-order valence-electron chi connectivity index (χ0n) is 9.18. The molecule has 1 aromatic rings. The highest BCUT2D eigenvalue weighted by Gasteiger charge is 2.20. The normalized spacial score (nSPS) is 14.5. The molecular formula is C11H14FNO3. The lowest BCUT2D eigenvalue weighted by atomic mass is 9.91. The first-order valence-corrected chi connectivity index (χ1v) is 5.09. The summed E-state index contributed by atoms with van der Waals surface area (Å²) in [7, 11) is 0. The van der Waals surface area contributed by atoms with Gasteiger partial charge < -0.3 is 5.11 Å². The Morgan fingerprint density at radius 3 is 2.56 bits per heavy atom. The molecule has 0 spiro atoms. The Bertz CT molecular complexity index is 393. The Morgan fingerprint density at radius 1 is 1.56 bits per heavy atom. The van der Waals surface area contributed by atoms with E-state index in [1.807, 2.05) is 6.92 Å². The standard InChI is InChI=1S/C11H14FNO3/c1-3-9(7(2)14)10-5-4-8(13(15)16)6-11(10)12/h4-7,9,14H,3H2,1-2H3. The molecule has 1 N–H and O–H groups in total. The molecule has 0 amide bonds. The lowest BCUT2D eigenvalue weighted by Gasteiger charge is -2.18. The van der Waals surface area contributed by atoms with Gasteiger partial charge in [-0.05, 0) is 25.0 Å². The third kappa shape index (κ3) is 2.55. The zero-order chi connectivity index (χ0) is 12.3. The average molecular weight is 227 g/mol. The molecule has 0 aromatic heterocycles. The largest absolute Gasteiger partial charge is 0.393 e. The van der Waals surface area contributed by atoms with E-state index < -0.39 is 16.8 Å². The van der Waals surface area contributed by atoms with Crippen molar-refractivity contribution in [1.29, 1.82) is 0 Å². The number of nitro benzene ring substituents is 1. The summed E-state index contributed by atoms with van der Waals surface area (Å²) >= 11 is 0. The van der Waals surface area contributed by atoms with Gasteiger partial charge in [0.05, 0.1) is 17.1 Å². The second-order valence-electron chi connectivity index (χ2n) is 3.72. The maximum atomic E-state index is 13.6. The van der Waals surface area contributed by atoms with Crippen molar-refractivity contribution in [3.05, 3.63) is 39.7 Å². The van der Waals surface area contributed by atoms with Gasteiger partial charge in [0, 0.05) is 12.0 Å². The van der Waals surface area contributed by atoms with Crippen LogP contribution >= 0.6 is 0 Å². The Labute approximate surface area is 92.9 Å². The summed E-state index contributed by atoms with van der Waals surface area (Å²) in [5.74, 6) is -0.970. The lowest BCUT2D eigenvalue weighted by Crippen LogP contribution is -2.15. The molecule has 1 aromatic carbocycles. The molecule has 2 unspecified atom stereocenters. The molecule has 5 heteroatoms. The molecule has 0 aliphatic rings. The average Bonchev–Trinajstić information content (AvgIpc) is 2.20. The van der Waals surface area contributed by atoms with Crippen LogP contribution < -0.4 is 0 Å². The molecule has 2 atom stereocenters. The van der Waals surface area contributed by atoms with Crippen LogP contribution in [0, 0.1) is 15.9 Å². The monoisotopic (exact) mass is 227 g/mol. The van der Waals surface area contributed by atoms with E-state index in [-0.39, 0.29) is 11.6 Å². The number of rotatable bonds is 4. The summed E-state index contributed by atoms with van der Waals surface area (Å²) < 4.78 is 13.6. The molecule has 16 heavy (non-hydrogen) atoms. The highest BCUT2D eigenvalue weighted by molar-refractivity contribution is 5.36. The van der Waals surface area contributed by atoms with E-state index in [9.17, 15) is 19.6 Å². The first-order valence-electron chi connectivity index (χ1n) is 5.09. The molecule has 0 bridgehead atoms. The van der Waals surface area contributed by atoms with E-state index in [0.717, 1.165) is 6.07 Å². The lowest BCUT2D eigenvalue weighted by molar-refractivity contribution is -0.385. The summed E-state index contributed by atoms with van der Waals surface area (Å²) in [6, 6.07) is 3.51. The van der Waals surface area contributed by atoms with Gasteiger partial charge in [0.15, 0.2) is 0 Å². The molecule has 0 radical (unpaired) electrons. The van der Waals surface area contributed by atoms with Gasteiger partial charge in [-0.15, -0.1) is 0 Å². The Balaban J connectivity index is 3.11. The summed E-state index contributed by atoms with van der Waals surface area (Å²) in [5, 5.41) is 19.9. The van der Waals surface area contributed by atoms with E-state index in [2.05, 4.69) is 0 Å². The first-order chi connectivity index (χ1) is 7.47. The fourth-order valence-electron chi connectivity index (χ4n) is 1.75. The second kappa shape index (κ2) is 5.03. The van der Waals surface area contributed by atoms with Crippen LogP contribution in [0.5, 0.6) is 0 Å². The van der Waals surface area contributed by atoms with Gasteiger partial charge in [-0.3, -0.25) is 10.1 Å². The van der Waals surface area contributed by atoms with Crippen molar-refractivity contribution >= 4 is 5.69 Å². The zero-order valence-corrected chi connectivity index (χ0v) is 9.18. The summed E-state index contributed by atoms with van der Waals surface area (Å²) in [4.78, 5) is 9.78. The summed E-state index contributed by atoms with van der Waals surface area (Å²) in [5.41, 5.74) is 0.0461. The van der Waals surface area contributed by atoms with Gasteiger partial charge >= 0.3 is 0 Å². The third-order valence-corrected chi connectivity index (χ3v) is 2.62. The Hall–Kier alpha value is -1.49. The van der Waals surface area contributed by atoms with E-state index >= 15 is 0 Å². The molecule has 0 saturated heterocycles. The minimum absolute atomic E-state index is 0.276. The van der Waals surface area contributed by atoms with Gasteiger partial charge in [-0.1, -0.05) is 6.92 Å². The maximum Gasteiger partial charge on any atom is 0.272 e. The number of aliphatic hydroxyl groups is 1. The van der Waals surface area contributed by atoms with Crippen LogP contribution in [-0.4, -0.2) is 16.1 Å². The first kappa shape index (κ1) is 12.6. The maximum absolute atomic E-state index is 13.6. The Kier molecular flexibility index (Phi) is 3.95. The number of hydrogen-bond donors (Lipinski definition) is 1. The number of non-ortho nitro benzene ring substituents is 1. The van der Waals surface area contributed by atoms with Crippen molar-refractivity contribution in [1.82, 2.24) is 0 Å². The number of nitro groups is 1. The Morgan fingerprint density at radius 2 is 2.19 bits per heavy atom. The predicted molar refractivity (Wildman–Crippen MR) is 57.8 cm³/mol. The van der Waals surface area contributed by atoms with E-state index in [0.29, 0.717) is 12.0 Å². The number of nitrogens with zero attached hydrogens (tertiary/aromatic N) is 1. The van der Waals surface area contributed by atoms with Crippen molar-refractivity contribution in [2.24, 2.45) is 0 Å². The number of benzene rings is 1. The van der Waals surface area contributed by atoms with E-state index in [1.54, 1.807) is 6.92 Å². The fourth-order valence-corrected chi connectivity index (χ4v) is 1.75. The van der Waals surface area contributed by atoms with E-state index in [4.69, 9.17) is 0 Å². The van der Waals surface area contributed by atoms with Gasteiger partial charge in [0.2, 0.25) is 0 Å². The predicted octanol–water partition coefficient (Wildman–Crippen LogP) is 2.61. The number of aliphatic hydroxyl groups excluding tert-OH is 1.